The number of hydrogen-bond acceptors (Lipinski definition) is 7. The molecule has 1 saturated heterocycles. The van der Waals surface area contributed by atoms with Crippen LogP contribution in [0.1, 0.15) is 194 Å². The van der Waals surface area contributed by atoms with Crippen LogP contribution < -0.4 is 16.4 Å². The fourth-order valence-corrected chi connectivity index (χ4v) is 7.20. The molecule has 1 rings (SSSR count). The van der Waals surface area contributed by atoms with Gasteiger partial charge in [0, 0.05) is 13.1 Å². The van der Waals surface area contributed by atoms with Gasteiger partial charge in [-0.15, -0.1) is 0 Å². The number of nitrogens with two attached hydrogens (primary N) is 1. The fraction of sp³-hybridized carbons (Fsp3) is 0.951. The zero-order chi connectivity index (χ0) is 37.4. The molecule has 1 heterocycles. The molecule has 302 valence electrons. The molecule has 0 spiro atoms. The number of nitrogens with zero attached hydrogens (tertiary/aromatic N) is 1. The largest absolute Gasteiger partial charge is 0.394 e. The Balaban J connectivity index is 2.49. The molecule has 10 nitrogen and oxygen atoms in total. The van der Waals surface area contributed by atoms with Gasteiger partial charge in [0.1, 0.15) is 24.4 Å². The van der Waals surface area contributed by atoms with E-state index in [1.807, 2.05) is 0 Å². The number of aliphatic hydroxyl groups excluding tert-OH is 3. The summed E-state index contributed by atoms with van der Waals surface area (Å²) in [5.74, 6) is -0.527. The smallest absolute Gasteiger partial charge is 0.319 e. The summed E-state index contributed by atoms with van der Waals surface area (Å²) in [5, 5.41) is 37.0. The Bertz CT molecular complexity index is 821. The molecule has 0 saturated carbocycles. The highest BCUT2D eigenvalue weighted by atomic mass is 16.5. The van der Waals surface area contributed by atoms with Crippen molar-refractivity contribution in [3.8, 4) is 0 Å². The summed E-state index contributed by atoms with van der Waals surface area (Å²) >= 11 is 0. The van der Waals surface area contributed by atoms with Crippen molar-refractivity contribution in [2.24, 2.45) is 5.73 Å². The SMILES string of the molecule is CCCCCCCCCCCCCCCCCCNC(=O)N(CCCCCCCCCCCCCC)[C@@H]1O[C@H](CO)[C@@H](O)[C@H](O)[C@H]1NC(=O)CN. The van der Waals surface area contributed by atoms with Crippen LogP contribution in [0.4, 0.5) is 4.79 Å². The number of nitrogens with one attached hydrogen (secondary N) is 2. The normalized spacial score (nSPS) is 20.4. The van der Waals surface area contributed by atoms with Crippen LogP contribution in [0.15, 0.2) is 0 Å². The molecule has 10 heteroatoms. The summed E-state index contributed by atoms with van der Waals surface area (Å²) < 4.78 is 6.00. The van der Waals surface area contributed by atoms with E-state index in [-0.39, 0.29) is 12.6 Å². The highest BCUT2D eigenvalue weighted by Gasteiger charge is 2.48. The number of amides is 3. The minimum absolute atomic E-state index is 0.306. The fourth-order valence-electron chi connectivity index (χ4n) is 7.20. The van der Waals surface area contributed by atoms with Crippen LogP contribution in [0, 0.1) is 0 Å². The number of unbranched alkanes of at least 4 members (excludes halogenated alkanes) is 26. The summed E-state index contributed by atoms with van der Waals surface area (Å²) in [6, 6.07) is -1.42. The molecular formula is C41H82N4O6. The number of carbonyl (C=O) groups is 2. The van der Waals surface area contributed by atoms with Crippen LogP contribution in [-0.2, 0) is 9.53 Å². The van der Waals surface area contributed by atoms with Crippen LogP contribution in [0.5, 0.6) is 0 Å². The van der Waals surface area contributed by atoms with Gasteiger partial charge in [0.25, 0.3) is 0 Å². The third-order valence-electron chi connectivity index (χ3n) is 10.5. The molecule has 1 aliphatic rings. The Labute approximate surface area is 312 Å². The van der Waals surface area contributed by atoms with Crippen molar-refractivity contribution >= 4 is 11.9 Å². The minimum Gasteiger partial charge on any atom is -0.394 e. The zero-order valence-electron chi connectivity index (χ0n) is 33.1. The van der Waals surface area contributed by atoms with E-state index in [0.29, 0.717) is 13.1 Å². The van der Waals surface area contributed by atoms with Gasteiger partial charge in [-0.1, -0.05) is 181 Å². The lowest BCUT2D eigenvalue weighted by atomic mass is 9.95. The predicted octanol–water partition coefficient (Wildman–Crippen LogP) is 7.84. The van der Waals surface area contributed by atoms with E-state index < -0.39 is 43.1 Å². The average Bonchev–Trinajstić information content (AvgIpc) is 3.13. The van der Waals surface area contributed by atoms with Gasteiger partial charge in [0.15, 0.2) is 6.23 Å². The van der Waals surface area contributed by atoms with Crippen LogP contribution in [0.25, 0.3) is 0 Å². The molecule has 0 aromatic rings. The molecule has 0 aromatic heterocycles. The van der Waals surface area contributed by atoms with Crippen molar-refractivity contribution in [3.05, 3.63) is 0 Å². The van der Waals surface area contributed by atoms with E-state index >= 15 is 0 Å². The van der Waals surface area contributed by atoms with Crippen molar-refractivity contribution in [1.29, 1.82) is 0 Å². The highest BCUT2D eigenvalue weighted by molar-refractivity contribution is 5.78. The number of rotatable bonds is 34. The summed E-state index contributed by atoms with van der Waals surface area (Å²) in [5.41, 5.74) is 5.54. The molecule has 51 heavy (non-hydrogen) atoms. The molecule has 7 N–H and O–H groups in total. The Morgan fingerprint density at radius 2 is 1.00 bits per heavy atom. The molecule has 3 amide bonds. The Kier molecular flexibility index (Phi) is 30.9. The topological polar surface area (TPSA) is 157 Å². The Morgan fingerprint density at radius 3 is 1.39 bits per heavy atom. The quantitative estimate of drug-likeness (QED) is 0.0369. The van der Waals surface area contributed by atoms with E-state index in [9.17, 15) is 24.9 Å². The Morgan fingerprint density at radius 1 is 0.608 bits per heavy atom. The van der Waals surface area contributed by atoms with Gasteiger partial charge in [0.05, 0.1) is 13.2 Å². The number of aliphatic hydroxyl groups is 3. The first kappa shape index (κ1) is 47.6. The van der Waals surface area contributed by atoms with Crippen molar-refractivity contribution in [2.75, 3.05) is 26.2 Å². The maximum Gasteiger partial charge on any atom is 0.319 e. The van der Waals surface area contributed by atoms with Crippen molar-refractivity contribution in [1.82, 2.24) is 15.5 Å². The van der Waals surface area contributed by atoms with Crippen molar-refractivity contribution in [2.45, 2.75) is 224 Å². The monoisotopic (exact) mass is 727 g/mol. The first-order chi connectivity index (χ1) is 24.9. The van der Waals surface area contributed by atoms with Gasteiger partial charge in [0.2, 0.25) is 5.91 Å². The molecular weight excluding hydrogens is 644 g/mol. The second-order valence-corrected chi connectivity index (χ2v) is 15.1. The van der Waals surface area contributed by atoms with Gasteiger partial charge < -0.3 is 36.4 Å². The maximum atomic E-state index is 13.6. The minimum atomic E-state index is -1.44. The van der Waals surface area contributed by atoms with Gasteiger partial charge in [-0.2, -0.15) is 0 Å². The van der Waals surface area contributed by atoms with Gasteiger partial charge in [-0.3, -0.25) is 9.69 Å². The summed E-state index contributed by atoms with van der Waals surface area (Å²) in [6.07, 6.45) is 29.9. The van der Waals surface area contributed by atoms with Gasteiger partial charge in [-0.05, 0) is 12.8 Å². The van der Waals surface area contributed by atoms with E-state index in [1.54, 1.807) is 0 Å². The number of carbonyl (C=O) groups excluding carboxylic acids is 2. The van der Waals surface area contributed by atoms with Gasteiger partial charge in [-0.25, -0.2) is 4.79 Å². The van der Waals surface area contributed by atoms with Crippen LogP contribution in [0.2, 0.25) is 0 Å². The van der Waals surface area contributed by atoms with Crippen LogP contribution in [-0.4, -0.2) is 89.0 Å². The van der Waals surface area contributed by atoms with E-state index in [2.05, 4.69) is 24.5 Å². The summed E-state index contributed by atoms with van der Waals surface area (Å²) in [6.45, 7) is 4.56. The van der Waals surface area contributed by atoms with Crippen molar-refractivity contribution < 1.29 is 29.6 Å². The molecule has 1 fully saturated rings. The molecule has 0 radical (unpaired) electrons. The van der Waals surface area contributed by atoms with E-state index in [1.165, 1.54) is 140 Å². The standard InChI is InChI=1S/C41H82N4O6/c1-3-5-7-9-11-13-15-17-18-19-20-21-23-25-27-29-31-43-41(50)45(32-30-28-26-24-22-16-14-12-10-8-6-4-2)40-37(44-36(47)33-42)39(49)38(48)35(34-46)51-40/h35,37-40,46,48-49H,3-34,42H2,1-2H3,(H,43,50)(H,44,47)/t35-,37-,38-,39-,40-/m1/s1. The number of ether oxygens (including phenoxy) is 1. The van der Waals surface area contributed by atoms with Crippen molar-refractivity contribution in [3.63, 3.8) is 0 Å². The molecule has 0 unspecified atom stereocenters. The third-order valence-corrected chi connectivity index (χ3v) is 10.5. The maximum absolute atomic E-state index is 13.6. The highest BCUT2D eigenvalue weighted by Crippen LogP contribution is 2.25. The molecule has 1 aliphatic heterocycles. The molecule has 0 aromatic carbocycles. The number of hydrogen-bond donors (Lipinski definition) is 6. The first-order valence-corrected chi connectivity index (χ1v) is 21.6. The average molecular weight is 727 g/mol. The zero-order valence-corrected chi connectivity index (χ0v) is 33.1. The lowest BCUT2D eigenvalue weighted by Crippen LogP contribution is -2.69. The first-order valence-electron chi connectivity index (χ1n) is 21.6. The van der Waals surface area contributed by atoms with E-state index in [4.69, 9.17) is 10.5 Å². The lowest BCUT2D eigenvalue weighted by Gasteiger charge is -2.46. The predicted molar refractivity (Wildman–Crippen MR) is 209 cm³/mol. The van der Waals surface area contributed by atoms with Crippen LogP contribution >= 0.6 is 0 Å². The summed E-state index contributed by atoms with van der Waals surface area (Å²) in [4.78, 5) is 27.4. The number of urea groups is 1. The van der Waals surface area contributed by atoms with Crippen LogP contribution in [0.3, 0.4) is 0 Å². The second kappa shape index (κ2) is 33.1. The third kappa shape index (κ3) is 23.0. The Hall–Kier alpha value is -1.46. The molecule has 5 atom stereocenters. The lowest BCUT2D eigenvalue weighted by molar-refractivity contribution is -0.224. The second-order valence-electron chi connectivity index (χ2n) is 15.1. The van der Waals surface area contributed by atoms with Gasteiger partial charge >= 0.3 is 6.03 Å². The van der Waals surface area contributed by atoms with E-state index in [0.717, 1.165) is 44.9 Å². The molecule has 0 aliphatic carbocycles. The summed E-state index contributed by atoms with van der Waals surface area (Å²) in [7, 11) is 0. The molecule has 0 bridgehead atoms.